The van der Waals surface area contributed by atoms with Gasteiger partial charge in [0.2, 0.25) is 0 Å². The van der Waals surface area contributed by atoms with Crippen LogP contribution in [0.3, 0.4) is 0 Å². The molecule has 33 heavy (non-hydrogen) atoms. The highest BCUT2D eigenvalue weighted by Crippen LogP contribution is 2.69. The van der Waals surface area contributed by atoms with Crippen molar-refractivity contribution in [3.8, 4) is 0 Å². The average Bonchev–Trinajstić information content (AvgIpc) is 3.11. The van der Waals surface area contributed by atoms with Crippen molar-refractivity contribution in [1.82, 2.24) is 0 Å². The first-order chi connectivity index (χ1) is 15.3. The Labute approximate surface area is 201 Å². The zero-order chi connectivity index (χ0) is 24.4. The second-order valence-corrected chi connectivity index (χ2v) is 13.6. The Kier molecular flexibility index (Phi) is 6.84. The fourth-order valence-electron chi connectivity index (χ4n) is 9.42. The van der Waals surface area contributed by atoms with Crippen molar-refractivity contribution in [2.24, 2.45) is 46.3 Å². The first kappa shape index (κ1) is 25.9. The lowest BCUT2D eigenvalue weighted by Gasteiger charge is -2.65. The van der Waals surface area contributed by atoms with Gasteiger partial charge in [0, 0.05) is 11.8 Å². The molecule has 0 radical (unpaired) electrons. The predicted molar refractivity (Wildman–Crippen MR) is 129 cm³/mol. The third-order valence-electron chi connectivity index (χ3n) is 12.0. The van der Waals surface area contributed by atoms with Gasteiger partial charge in [-0.1, -0.05) is 34.1 Å². The van der Waals surface area contributed by atoms with Crippen LogP contribution in [-0.2, 0) is 0 Å². The van der Waals surface area contributed by atoms with Crippen LogP contribution in [0.1, 0.15) is 98.8 Å². The lowest BCUT2D eigenvalue weighted by Crippen LogP contribution is -2.68. The van der Waals surface area contributed by atoms with E-state index in [4.69, 9.17) is 0 Å². The van der Waals surface area contributed by atoms with E-state index >= 15 is 0 Å². The van der Waals surface area contributed by atoms with Crippen molar-refractivity contribution in [2.45, 2.75) is 122 Å². The first-order valence-electron chi connectivity index (χ1n) is 13.7. The highest BCUT2D eigenvalue weighted by Gasteiger charge is 2.67. The molecule has 5 N–H and O–H groups in total. The molecule has 5 nitrogen and oxygen atoms in total. The smallest absolute Gasteiger partial charge is 0.0985 e. The second-order valence-electron chi connectivity index (χ2n) is 13.6. The molecule has 12 unspecified atom stereocenters. The van der Waals surface area contributed by atoms with E-state index in [-0.39, 0.29) is 23.4 Å². The Morgan fingerprint density at radius 3 is 2.33 bits per heavy atom. The van der Waals surface area contributed by atoms with Crippen LogP contribution in [0.2, 0.25) is 0 Å². The van der Waals surface area contributed by atoms with Gasteiger partial charge in [0.15, 0.2) is 0 Å². The molecule has 0 spiro atoms. The van der Waals surface area contributed by atoms with Gasteiger partial charge < -0.3 is 25.5 Å². The third-order valence-corrected chi connectivity index (χ3v) is 12.0. The van der Waals surface area contributed by atoms with Crippen molar-refractivity contribution in [1.29, 1.82) is 0 Å². The normalized spacial score (nSPS) is 51.1. The summed E-state index contributed by atoms with van der Waals surface area (Å²) in [5.41, 5.74) is -2.23. The Balaban J connectivity index is 1.50. The van der Waals surface area contributed by atoms with Crippen LogP contribution >= 0.6 is 0 Å². The molecule has 4 saturated carbocycles. The summed E-state index contributed by atoms with van der Waals surface area (Å²) in [5, 5.41) is 53.0. The fourth-order valence-corrected chi connectivity index (χ4v) is 9.42. The number of hydrogen-bond donors (Lipinski definition) is 5. The van der Waals surface area contributed by atoms with Gasteiger partial charge in [-0.25, -0.2) is 0 Å². The minimum atomic E-state index is -1.16. The van der Waals surface area contributed by atoms with Gasteiger partial charge in [0.05, 0.1) is 30.0 Å². The minimum Gasteiger partial charge on any atom is -0.393 e. The quantitative estimate of drug-likeness (QED) is 0.409. The highest BCUT2D eigenvalue weighted by atomic mass is 16.3. The maximum Gasteiger partial charge on any atom is 0.0985 e. The molecular formula is C28H50O5. The molecule has 4 fully saturated rings. The van der Waals surface area contributed by atoms with E-state index in [0.29, 0.717) is 42.4 Å². The number of rotatable bonds is 6. The molecule has 0 amide bonds. The number of fused-ring (bicyclic) bond motifs is 5. The average molecular weight is 467 g/mol. The molecule has 0 aromatic rings. The van der Waals surface area contributed by atoms with Gasteiger partial charge >= 0.3 is 0 Å². The maximum absolute atomic E-state index is 11.6. The van der Waals surface area contributed by atoms with Crippen LogP contribution in [0.5, 0.6) is 0 Å². The molecule has 5 heteroatoms. The van der Waals surface area contributed by atoms with Gasteiger partial charge in [0.25, 0.3) is 0 Å². The van der Waals surface area contributed by atoms with Crippen molar-refractivity contribution < 1.29 is 25.5 Å². The lowest BCUT2D eigenvalue weighted by atomic mass is 9.42. The van der Waals surface area contributed by atoms with Crippen LogP contribution in [0.25, 0.3) is 0 Å². The highest BCUT2D eigenvalue weighted by molar-refractivity contribution is 5.17. The number of hydrogen-bond acceptors (Lipinski definition) is 5. The van der Waals surface area contributed by atoms with E-state index in [1.54, 1.807) is 6.92 Å². The van der Waals surface area contributed by atoms with Crippen LogP contribution < -0.4 is 0 Å². The lowest BCUT2D eigenvalue weighted by molar-refractivity contribution is -0.264. The standard InChI is InChI=1S/C28H50O5/c1-17(6-7-18(2)27(5,32)16-29)21-8-9-22-20-14-24(31)28(33)15-19(30)10-13-26(28,4)23(20)11-12-25(21,22)3/h17-24,29-33H,6-16H2,1-5H3. The summed E-state index contributed by atoms with van der Waals surface area (Å²) in [7, 11) is 0. The Bertz CT molecular complexity index is 710. The summed E-state index contributed by atoms with van der Waals surface area (Å²) in [6.45, 7) is 10.7. The van der Waals surface area contributed by atoms with Crippen molar-refractivity contribution in [3.05, 3.63) is 0 Å². The molecule has 4 aliphatic carbocycles. The van der Waals surface area contributed by atoms with E-state index in [2.05, 4.69) is 20.8 Å². The Morgan fingerprint density at radius 2 is 1.67 bits per heavy atom. The number of aliphatic hydroxyl groups excluding tert-OH is 3. The van der Waals surface area contributed by atoms with E-state index in [1.165, 1.54) is 19.3 Å². The van der Waals surface area contributed by atoms with Gasteiger partial charge in [-0.15, -0.1) is 0 Å². The SMILES string of the molecule is CC(CCC(C)C(C)(O)CO)C1CCC2C3CC(O)C4(O)CC(O)CCC4(C)C3CCC12C. The maximum atomic E-state index is 11.6. The molecule has 12 atom stereocenters. The van der Waals surface area contributed by atoms with E-state index in [9.17, 15) is 25.5 Å². The van der Waals surface area contributed by atoms with Gasteiger partial charge in [-0.2, -0.15) is 0 Å². The largest absolute Gasteiger partial charge is 0.393 e. The predicted octanol–water partition coefficient (Wildman–Crippen LogP) is 3.89. The monoisotopic (exact) mass is 466 g/mol. The molecule has 0 aliphatic heterocycles. The molecule has 4 aliphatic rings. The summed E-state index contributed by atoms with van der Waals surface area (Å²) >= 11 is 0. The Morgan fingerprint density at radius 1 is 0.970 bits per heavy atom. The van der Waals surface area contributed by atoms with E-state index in [1.807, 2.05) is 6.92 Å². The minimum absolute atomic E-state index is 0.0680. The zero-order valence-corrected chi connectivity index (χ0v) is 21.6. The molecule has 0 saturated heterocycles. The zero-order valence-electron chi connectivity index (χ0n) is 21.6. The molecular weight excluding hydrogens is 416 g/mol. The fraction of sp³-hybridized carbons (Fsp3) is 1.00. The van der Waals surface area contributed by atoms with Gasteiger partial charge in [-0.3, -0.25) is 0 Å². The summed E-state index contributed by atoms with van der Waals surface area (Å²) in [4.78, 5) is 0. The topological polar surface area (TPSA) is 101 Å². The van der Waals surface area contributed by atoms with E-state index in [0.717, 1.165) is 32.1 Å². The molecule has 4 rings (SSSR count). The van der Waals surface area contributed by atoms with Crippen molar-refractivity contribution >= 4 is 0 Å². The summed E-state index contributed by atoms with van der Waals surface area (Å²) in [5.74, 6) is 2.74. The van der Waals surface area contributed by atoms with Crippen LogP contribution in [0.4, 0.5) is 0 Å². The molecule has 0 aromatic carbocycles. The molecule has 0 bridgehead atoms. The molecule has 0 heterocycles. The number of aliphatic hydroxyl groups is 5. The van der Waals surface area contributed by atoms with Crippen LogP contribution in [-0.4, -0.2) is 55.5 Å². The summed E-state index contributed by atoms with van der Waals surface area (Å²) in [6, 6.07) is 0. The van der Waals surface area contributed by atoms with E-state index < -0.39 is 23.4 Å². The summed E-state index contributed by atoms with van der Waals surface area (Å²) in [6.07, 6.45) is 7.97. The molecule has 192 valence electrons. The van der Waals surface area contributed by atoms with Crippen LogP contribution in [0, 0.1) is 46.3 Å². The molecule has 0 aromatic heterocycles. The van der Waals surface area contributed by atoms with Crippen molar-refractivity contribution in [3.63, 3.8) is 0 Å². The second kappa shape index (κ2) is 8.73. The van der Waals surface area contributed by atoms with Gasteiger partial charge in [0.1, 0.15) is 0 Å². The summed E-state index contributed by atoms with van der Waals surface area (Å²) < 4.78 is 0. The third kappa shape index (κ3) is 3.93. The first-order valence-corrected chi connectivity index (χ1v) is 13.7. The van der Waals surface area contributed by atoms with Crippen molar-refractivity contribution in [2.75, 3.05) is 6.61 Å². The Hall–Kier alpha value is -0.200. The van der Waals surface area contributed by atoms with Crippen LogP contribution in [0.15, 0.2) is 0 Å². The van der Waals surface area contributed by atoms with Gasteiger partial charge in [-0.05, 0) is 99.2 Å².